The van der Waals surface area contributed by atoms with Crippen molar-refractivity contribution < 1.29 is 8.42 Å². The second-order valence-corrected chi connectivity index (χ2v) is 7.04. The van der Waals surface area contributed by atoms with Gasteiger partial charge in [-0.3, -0.25) is 0 Å². The molecule has 0 spiro atoms. The highest BCUT2D eigenvalue weighted by Gasteiger charge is 2.30. The molecule has 0 aromatic carbocycles. The topological polar surface area (TPSA) is 78.1 Å². The van der Waals surface area contributed by atoms with Gasteiger partial charge >= 0.3 is 0 Å². The number of aromatic nitrogens is 2. The Bertz CT molecular complexity index is 704. The Labute approximate surface area is 118 Å². The van der Waals surface area contributed by atoms with Crippen LogP contribution in [0.15, 0.2) is 29.4 Å². The Morgan fingerprint density at radius 2 is 2.30 bits per heavy atom. The number of H-pyrrole nitrogens is 1. The van der Waals surface area contributed by atoms with Crippen LogP contribution in [-0.2, 0) is 10.0 Å². The maximum atomic E-state index is 12.8. The fourth-order valence-corrected chi connectivity index (χ4v) is 4.17. The van der Waals surface area contributed by atoms with Crippen LogP contribution in [0.5, 0.6) is 0 Å². The van der Waals surface area contributed by atoms with Crippen molar-refractivity contribution >= 4 is 21.1 Å². The molecule has 7 heteroatoms. The minimum absolute atomic E-state index is 0.00960. The van der Waals surface area contributed by atoms with E-state index in [1.54, 1.807) is 25.4 Å². The molecule has 108 valence electrons. The molecule has 20 heavy (non-hydrogen) atoms. The summed E-state index contributed by atoms with van der Waals surface area (Å²) in [4.78, 5) is 7.36. The van der Waals surface area contributed by atoms with Crippen molar-refractivity contribution in [2.24, 2.45) is 0 Å². The Morgan fingerprint density at radius 3 is 3.05 bits per heavy atom. The molecule has 3 heterocycles. The van der Waals surface area contributed by atoms with Gasteiger partial charge in [0.15, 0.2) is 0 Å². The third-order valence-electron chi connectivity index (χ3n) is 3.86. The van der Waals surface area contributed by atoms with E-state index < -0.39 is 10.0 Å². The van der Waals surface area contributed by atoms with Gasteiger partial charge in [-0.1, -0.05) is 0 Å². The van der Waals surface area contributed by atoms with Crippen LogP contribution in [0.25, 0.3) is 11.0 Å². The maximum absolute atomic E-state index is 12.8. The van der Waals surface area contributed by atoms with E-state index in [0.717, 1.165) is 19.4 Å². The van der Waals surface area contributed by atoms with E-state index in [-0.39, 0.29) is 6.04 Å². The summed E-state index contributed by atoms with van der Waals surface area (Å²) < 4.78 is 27.0. The van der Waals surface area contributed by atoms with Crippen molar-refractivity contribution in [3.05, 3.63) is 24.5 Å². The van der Waals surface area contributed by atoms with E-state index in [4.69, 9.17) is 0 Å². The maximum Gasteiger partial charge on any atom is 0.245 e. The first-order chi connectivity index (χ1) is 9.60. The Balaban J connectivity index is 1.98. The molecule has 0 radical (unpaired) electrons. The quantitative estimate of drug-likeness (QED) is 0.883. The van der Waals surface area contributed by atoms with Gasteiger partial charge in [0.2, 0.25) is 10.0 Å². The lowest BCUT2D eigenvalue weighted by molar-refractivity contribution is 0.300. The largest absolute Gasteiger partial charge is 0.345 e. The minimum atomic E-state index is -3.50. The summed E-state index contributed by atoms with van der Waals surface area (Å²) >= 11 is 0. The number of sulfonamides is 1. The van der Waals surface area contributed by atoms with Crippen LogP contribution in [0.4, 0.5) is 0 Å². The van der Waals surface area contributed by atoms with Crippen molar-refractivity contribution in [2.75, 3.05) is 20.1 Å². The molecule has 0 aliphatic carbocycles. The van der Waals surface area contributed by atoms with Gasteiger partial charge in [0.05, 0.1) is 0 Å². The number of likely N-dealkylation sites (N-methyl/N-ethyl adjacent to an activating group) is 1. The van der Waals surface area contributed by atoms with E-state index in [0.29, 0.717) is 22.5 Å². The highest BCUT2D eigenvalue weighted by Crippen LogP contribution is 2.25. The second-order valence-electron chi connectivity index (χ2n) is 5.07. The van der Waals surface area contributed by atoms with Crippen molar-refractivity contribution in [2.45, 2.75) is 23.8 Å². The second kappa shape index (κ2) is 5.16. The van der Waals surface area contributed by atoms with Crippen LogP contribution >= 0.6 is 0 Å². The van der Waals surface area contributed by atoms with Gasteiger partial charge in [0.1, 0.15) is 10.5 Å². The van der Waals surface area contributed by atoms with E-state index in [1.807, 2.05) is 0 Å². The van der Waals surface area contributed by atoms with Gasteiger partial charge in [-0.2, -0.15) is 4.31 Å². The number of piperidine rings is 1. The van der Waals surface area contributed by atoms with Gasteiger partial charge in [-0.05, 0) is 31.5 Å². The smallest absolute Gasteiger partial charge is 0.245 e. The molecule has 6 nitrogen and oxygen atoms in total. The van der Waals surface area contributed by atoms with Crippen molar-refractivity contribution in [1.82, 2.24) is 19.6 Å². The normalized spacial score (nSPS) is 20.6. The summed E-state index contributed by atoms with van der Waals surface area (Å²) in [6.07, 6.45) is 5.06. The number of nitrogens with one attached hydrogen (secondary N) is 2. The Kier molecular flexibility index (Phi) is 3.49. The first-order valence-electron chi connectivity index (χ1n) is 6.71. The summed E-state index contributed by atoms with van der Waals surface area (Å²) in [5.74, 6) is 0. The molecule has 2 N–H and O–H groups in total. The molecular formula is C13H18N4O2S. The predicted molar refractivity (Wildman–Crippen MR) is 76.9 cm³/mol. The summed E-state index contributed by atoms with van der Waals surface area (Å²) in [7, 11) is -1.84. The average molecular weight is 294 g/mol. The van der Waals surface area contributed by atoms with E-state index >= 15 is 0 Å². The first-order valence-corrected chi connectivity index (χ1v) is 8.15. The van der Waals surface area contributed by atoms with Crippen LogP contribution < -0.4 is 5.32 Å². The predicted octanol–water partition coefficient (Wildman–Crippen LogP) is 0.935. The number of nitrogens with zero attached hydrogens (tertiary/aromatic N) is 2. The van der Waals surface area contributed by atoms with Gasteiger partial charge in [0, 0.05) is 37.4 Å². The summed E-state index contributed by atoms with van der Waals surface area (Å²) in [6, 6.07) is 3.53. The molecule has 3 rings (SSSR count). The van der Waals surface area contributed by atoms with Crippen LogP contribution in [-0.4, -0.2) is 48.9 Å². The number of rotatable bonds is 3. The van der Waals surface area contributed by atoms with Crippen LogP contribution in [0, 0.1) is 0 Å². The zero-order chi connectivity index (χ0) is 14.2. The third kappa shape index (κ3) is 2.21. The van der Waals surface area contributed by atoms with Gasteiger partial charge < -0.3 is 10.3 Å². The molecule has 1 aliphatic rings. The molecule has 0 amide bonds. The Morgan fingerprint density at radius 1 is 1.45 bits per heavy atom. The van der Waals surface area contributed by atoms with E-state index in [9.17, 15) is 8.42 Å². The number of aromatic amines is 1. The van der Waals surface area contributed by atoms with Gasteiger partial charge in [-0.25, -0.2) is 13.4 Å². The van der Waals surface area contributed by atoms with Crippen molar-refractivity contribution in [1.29, 1.82) is 0 Å². The van der Waals surface area contributed by atoms with Crippen LogP contribution in [0.2, 0.25) is 0 Å². The zero-order valence-corrected chi connectivity index (χ0v) is 12.2. The van der Waals surface area contributed by atoms with E-state index in [1.165, 1.54) is 10.5 Å². The van der Waals surface area contributed by atoms with Crippen LogP contribution in [0.3, 0.4) is 0 Å². The van der Waals surface area contributed by atoms with Crippen LogP contribution in [0.1, 0.15) is 12.8 Å². The number of hydrogen-bond donors (Lipinski definition) is 2. The number of pyridine rings is 1. The van der Waals surface area contributed by atoms with Gasteiger partial charge in [0.25, 0.3) is 0 Å². The molecule has 1 atom stereocenters. The zero-order valence-electron chi connectivity index (χ0n) is 11.3. The molecule has 1 saturated heterocycles. The Hall–Kier alpha value is -1.44. The number of hydrogen-bond acceptors (Lipinski definition) is 4. The van der Waals surface area contributed by atoms with Gasteiger partial charge in [-0.15, -0.1) is 0 Å². The SMILES string of the molecule is CN(C1CCCNC1)S(=O)(=O)c1c[nH]c2ncccc12. The molecule has 2 aromatic rings. The molecule has 0 saturated carbocycles. The lowest BCUT2D eigenvalue weighted by Crippen LogP contribution is -2.46. The number of fused-ring (bicyclic) bond motifs is 1. The third-order valence-corrected chi connectivity index (χ3v) is 5.81. The van der Waals surface area contributed by atoms with E-state index in [2.05, 4.69) is 15.3 Å². The molecule has 1 unspecified atom stereocenters. The molecular weight excluding hydrogens is 276 g/mol. The summed E-state index contributed by atoms with van der Waals surface area (Å²) in [6.45, 7) is 1.66. The lowest BCUT2D eigenvalue weighted by Gasteiger charge is -2.30. The molecule has 1 aliphatic heterocycles. The minimum Gasteiger partial charge on any atom is -0.345 e. The lowest BCUT2D eigenvalue weighted by atomic mass is 10.1. The summed E-state index contributed by atoms with van der Waals surface area (Å²) in [5, 5.41) is 3.89. The monoisotopic (exact) mass is 294 g/mol. The highest BCUT2D eigenvalue weighted by atomic mass is 32.2. The molecule has 1 fully saturated rings. The molecule has 2 aromatic heterocycles. The van der Waals surface area contributed by atoms with Crippen molar-refractivity contribution in [3.63, 3.8) is 0 Å². The summed E-state index contributed by atoms with van der Waals surface area (Å²) in [5.41, 5.74) is 0.598. The standard InChI is InChI=1S/C13H18N4O2S/c1-17(10-4-2-6-14-8-10)20(18,19)12-9-16-13-11(12)5-3-7-15-13/h3,5,7,9-10,14H,2,4,6,8H2,1H3,(H,15,16). The first kappa shape index (κ1) is 13.5. The average Bonchev–Trinajstić information content (AvgIpc) is 2.92. The van der Waals surface area contributed by atoms with Crippen molar-refractivity contribution in [3.8, 4) is 0 Å². The highest BCUT2D eigenvalue weighted by molar-refractivity contribution is 7.89. The fraction of sp³-hybridized carbons (Fsp3) is 0.462. The molecule has 0 bridgehead atoms. The fourth-order valence-electron chi connectivity index (χ4n) is 2.64.